The molecule has 1 aliphatic carbocycles. The van der Waals surface area contributed by atoms with Crippen LogP contribution >= 0.6 is 0 Å². The lowest BCUT2D eigenvalue weighted by molar-refractivity contribution is -0.117. The molecule has 1 aliphatic heterocycles. The molecular formula is C19H27NO. The van der Waals surface area contributed by atoms with Crippen LogP contribution in [0.15, 0.2) is 24.3 Å². The molecule has 21 heavy (non-hydrogen) atoms. The summed E-state index contributed by atoms with van der Waals surface area (Å²) in [5.41, 5.74) is 2.50. The Kier molecular flexibility index (Phi) is 4.62. The molecule has 2 fully saturated rings. The van der Waals surface area contributed by atoms with E-state index < -0.39 is 0 Å². The van der Waals surface area contributed by atoms with E-state index in [4.69, 9.17) is 0 Å². The molecule has 1 saturated carbocycles. The minimum absolute atomic E-state index is 0.276. The van der Waals surface area contributed by atoms with Crippen LogP contribution in [0.1, 0.15) is 69.8 Å². The third-order valence-corrected chi connectivity index (χ3v) is 5.26. The number of benzene rings is 1. The third kappa shape index (κ3) is 3.48. The van der Waals surface area contributed by atoms with E-state index in [-0.39, 0.29) is 5.91 Å². The summed E-state index contributed by atoms with van der Waals surface area (Å²) in [4.78, 5) is 13.7. The normalized spacial score (nSPS) is 21.8. The second-order valence-corrected chi connectivity index (χ2v) is 6.88. The van der Waals surface area contributed by atoms with E-state index in [1.165, 1.54) is 44.1 Å². The first-order chi connectivity index (χ1) is 10.2. The molecule has 0 unspecified atom stereocenters. The van der Waals surface area contributed by atoms with Crippen molar-refractivity contribution >= 4 is 11.6 Å². The lowest BCUT2D eigenvalue weighted by atomic mass is 9.81. The van der Waals surface area contributed by atoms with Crippen molar-refractivity contribution in [1.29, 1.82) is 0 Å². The van der Waals surface area contributed by atoms with Crippen LogP contribution in [-0.4, -0.2) is 12.5 Å². The summed E-state index contributed by atoms with van der Waals surface area (Å²) < 4.78 is 0. The molecule has 114 valence electrons. The summed E-state index contributed by atoms with van der Waals surface area (Å²) in [6, 6.07) is 8.73. The zero-order valence-corrected chi connectivity index (χ0v) is 13.2. The molecule has 1 aromatic rings. The van der Waals surface area contributed by atoms with Crippen LogP contribution in [-0.2, 0) is 4.79 Å². The van der Waals surface area contributed by atoms with Gasteiger partial charge in [0.1, 0.15) is 0 Å². The van der Waals surface area contributed by atoms with Crippen LogP contribution in [0.3, 0.4) is 0 Å². The van der Waals surface area contributed by atoms with Crippen LogP contribution in [0.5, 0.6) is 0 Å². The quantitative estimate of drug-likeness (QED) is 0.771. The highest BCUT2D eigenvalue weighted by Gasteiger charge is 2.22. The SMILES string of the molecule is C[C@@H](CC1CCCCC1)c1ccc(N2CCCC2=O)cc1. The number of anilines is 1. The topological polar surface area (TPSA) is 20.3 Å². The molecule has 0 aromatic heterocycles. The largest absolute Gasteiger partial charge is 0.312 e. The maximum atomic E-state index is 11.8. The van der Waals surface area contributed by atoms with Crippen molar-refractivity contribution in [2.45, 2.75) is 64.2 Å². The molecule has 0 spiro atoms. The van der Waals surface area contributed by atoms with Crippen molar-refractivity contribution in [2.75, 3.05) is 11.4 Å². The number of amides is 1. The van der Waals surface area contributed by atoms with Crippen molar-refractivity contribution in [3.8, 4) is 0 Å². The molecule has 0 bridgehead atoms. The average Bonchev–Trinajstić information content (AvgIpc) is 2.94. The molecule has 1 heterocycles. The predicted octanol–water partition coefficient (Wildman–Crippen LogP) is 4.89. The standard InChI is InChI=1S/C19H27NO/c1-15(14-16-6-3-2-4-7-16)17-9-11-18(12-10-17)20-13-5-8-19(20)21/h9-12,15-16H,2-8,13-14H2,1H3/t15-/m0/s1. The Bertz CT molecular complexity index is 473. The first-order valence-corrected chi connectivity index (χ1v) is 8.64. The molecule has 2 heteroatoms. The maximum Gasteiger partial charge on any atom is 0.227 e. The zero-order valence-electron chi connectivity index (χ0n) is 13.2. The second-order valence-electron chi connectivity index (χ2n) is 6.88. The van der Waals surface area contributed by atoms with E-state index in [1.54, 1.807) is 0 Å². The fourth-order valence-corrected chi connectivity index (χ4v) is 3.96. The number of rotatable bonds is 4. The van der Waals surface area contributed by atoms with Crippen molar-refractivity contribution in [2.24, 2.45) is 5.92 Å². The molecule has 1 aromatic carbocycles. The Morgan fingerprint density at radius 3 is 2.43 bits per heavy atom. The summed E-state index contributed by atoms with van der Waals surface area (Å²) in [5, 5.41) is 0. The third-order valence-electron chi connectivity index (χ3n) is 5.26. The van der Waals surface area contributed by atoms with Crippen LogP contribution in [0.2, 0.25) is 0 Å². The van der Waals surface area contributed by atoms with E-state index in [1.807, 2.05) is 4.90 Å². The van der Waals surface area contributed by atoms with E-state index >= 15 is 0 Å². The van der Waals surface area contributed by atoms with Gasteiger partial charge in [-0.15, -0.1) is 0 Å². The molecule has 3 rings (SSSR count). The summed E-state index contributed by atoms with van der Waals surface area (Å²) in [7, 11) is 0. The minimum Gasteiger partial charge on any atom is -0.312 e. The van der Waals surface area contributed by atoms with Gasteiger partial charge in [-0.05, 0) is 42.4 Å². The van der Waals surface area contributed by atoms with Gasteiger partial charge in [0.15, 0.2) is 0 Å². The molecule has 2 nitrogen and oxygen atoms in total. The van der Waals surface area contributed by atoms with Gasteiger partial charge in [-0.25, -0.2) is 0 Å². The fourth-order valence-electron chi connectivity index (χ4n) is 3.96. The molecule has 0 radical (unpaired) electrons. The van der Waals surface area contributed by atoms with Crippen LogP contribution in [0.25, 0.3) is 0 Å². The van der Waals surface area contributed by atoms with Gasteiger partial charge in [-0.3, -0.25) is 4.79 Å². The van der Waals surface area contributed by atoms with Gasteiger partial charge in [0, 0.05) is 18.7 Å². The Morgan fingerprint density at radius 1 is 1.10 bits per heavy atom. The predicted molar refractivity (Wildman–Crippen MR) is 87.6 cm³/mol. The van der Waals surface area contributed by atoms with Gasteiger partial charge in [-0.1, -0.05) is 51.2 Å². The summed E-state index contributed by atoms with van der Waals surface area (Å²) in [6.07, 6.45) is 10.2. The van der Waals surface area contributed by atoms with Gasteiger partial charge >= 0.3 is 0 Å². The number of hydrogen-bond acceptors (Lipinski definition) is 1. The van der Waals surface area contributed by atoms with Crippen molar-refractivity contribution in [3.63, 3.8) is 0 Å². The van der Waals surface area contributed by atoms with Gasteiger partial charge < -0.3 is 4.90 Å². The first kappa shape index (κ1) is 14.6. The molecule has 2 aliphatic rings. The van der Waals surface area contributed by atoms with Crippen LogP contribution in [0.4, 0.5) is 5.69 Å². The Hall–Kier alpha value is -1.31. The van der Waals surface area contributed by atoms with Crippen molar-refractivity contribution in [1.82, 2.24) is 0 Å². The van der Waals surface area contributed by atoms with Crippen molar-refractivity contribution in [3.05, 3.63) is 29.8 Å². The lowest BCUT2D eigenvalue weighted by Crippen LogP contribution is -2.23. The maximum absolute atomic E-state index is 11.8. The van der Waals surface area contributed by atoms with Crippen molar-refractivity contribution < 1.29 is 4.79 Å². The monoisotopic (exact) mass is 285 g/mol. The lowest BCUT2D eigenvalue weighted by Gasteiger charge is -2.25. The molecule has 1 saturated heterocycles. The summed E-state index contributed by atoms with van der Waals surface area (Å²) in [5.74, 6) is 1.84. The smallest absolute Gasteiger partial charge is 0.227 e. The van der Waals surface area contributed by atoms with Crippen LogP contribution < -0.4 is 4.90 Å². The summed E-state index contributed by atoms with van der Waals surface area (Å²) in [6.45, 7) is 3.24. The second kappa shape index (κ2) is 6.64. The van der Waals surface area contributed by atoms with E-state index in [2.05, 4.69) is 31.2 Å². The first-order valence-electron chi connectivity index (χ1n) is 8.64. The molecule has 1 amide bonds. The van der Waals surface area contributed by atoms with E-state index in [0.29, 0.717) is 12.3 Å². The minimum atomic E-state index is 0.276. The van der Waals surface area contributed by atoms with Gasteiger partial charge in [0.25, 0.3) is 0 Å². The van der Waals surface area contributed by atoms with Gasteiger partial charge in [0.2, 0.25) is 5.91 Å². The highest BCUT2D eigenvalue weighted by molar-refractivity contribution is 5.95. The van der Waals surface area contributed by atoms with E-state index in [0.717, 1.165) is 24.6 Å². The highest BCUT2D eigenvalue weighted by Crippen LogP contribution is 2.33. The molecular weight excluding hydrogens is 258 g/mol. The fraction of sp³-hybridized carbons (Fsp3) is 0.632. The number of carbonyl (C=O) groups is 1. The Morgan fingerprint density at radius 2 is 1.81 bits per heavy atom. The molecule has 1 atom stereocenters. The Balaban J connectivity index is 1.61. The number of carbonyl (C=O) groups excluding carboxylic acids is 1. The van der Waals surface area contributed by atoms with Gasteiger partial charge in [-0.2, -0.15) is 0 Å². The average molecular weight is 285 g/mol. The Labute approximate surface area is 128 Å². The summed E-state index contributed by atoms with van der Waals surface area (Å²) >= 11 is 0. The zero-order chi connectivity index (χ0) is 14.7. The number of nitrogens with zero attached hydrogens (tertiary/aromatic N) is 1. The van der Waals surface area contributed by atoms with E-state index in [9.17, 15) is 4.79 Å². The van der Waals surface area contributed by atoms with Crippen LogP contribution in [0, 0.1) is 5.92 Å². The number of hydrogen-bond donors (Lipinski definition) is 0. The van der Waals surface area contributed by atoms with Gasteiger partial charge in [0.05, 0.1) is 0 Å². The highest BCUT2D eigenvalue weighted by atomic mass is 16.2. The molecule has 0 N–H and O–H groups in total.